The number of benzene rings is 1. The fourth-order valence-corrected chi connectivity index (χ4v) is 4.69. The summed E-state index contributed by atoms with van der Waals surface area (Å²) in [6.45, 7) is 8.51. The van der Waals surface area contributed by atoms with Gasteiger partial charge in [-0.05, 0) is 50.7 Å². The molecule has 0 saturated carbocycles. The molecule has 2 rings (SSSR count). The predicted octanol–water partition coefficient (Wildman–Crippen LogP) is 1.73. The van der Waals surface area contributed by atoms with E-state index in [-0.39, 0.29) is 12.5 Å². The lowest BCUT2D eigenvalue weighted by atomic mass is 10.0. The molecule has 1 fully saturated rings. The molecule has 0 spiro atoms. The number of aryl methyl sites for hydroxylation is 3. The summed E-state index contributed by atoms with van der Waals surface area (Å²) < 4.78 is 26.0. The van der Waals surface area contributed by atoms with E-state index in [2.05, 4.69) is 17.6 Å². The number of hydrogen-bond acceptors (Lipinski definition) is 4. The lowest BCUT2D eigenvalue weighted by Gasteiger charge is -2.29. The molecule has 1 aromatic rings. The van der Waals surface area contributed by atoms with Gasteiger partial charge in [-0.1, -0.05) is 24.6 Å². The lowest BCUT2D eigenvalue weighted by molar-refractivity contribution is -0.122. The van der Waals surface area contributed by atoms with Crippen LogP contribution in [0.5, 0.6) is 0 Å². The molecule has 7 nitrogen and oxygen atoms in total. The molecule has 150 valence electrons. The third-order valence-electron chi connectivity index (χ3n) is 4.84. The Kier molecular flexibility index (Phi) is 7.00. The Morgan fingerprint density at radius 3 is 2.19 bits per heavy atom. The number of sulfonamides is 1. The molecule has 1 heterocycles. The van der Waals surface area contributed by atoms with Gasteiger partial charge in [0.2, 0.25) is 21.8 Å². The molecule has 27 heavy (non-hydrogen) atoms. The average molecular weight is 396 g/mol. The zero-order chi connectivity index (χ0) is 20.2. The van der Waals surface area contributed by atoms with Gasteiger partial charge in [0.25, 0.3) is 0 Å². The fourth-order valence-electron chi connectivity index (χ4n) is 3.31. The Hall–Kier alpha value is -1.93. The first-order valence-corrected chi connectivity index (χ1v) is 10.8. The number of nitrogens with one attached hydrogen (secondary N) is 2. The molecule has 0 unspecified atom stereocenters. The molecule has 1 aromatic carbocycles. The standard InChI is InChI=1S/C19H29N3O4S/c1-13-5-7-22(8-6-13)27(25,26)12-18(24)20-11-17(23)21-19-15(3)9-14(2)10-16(19)4/h9-10,13H,5-8,11-12H2,1-4H3,(H,20,24)(H,21,23). The molecule has 0 aromatic heterocycles. The van der Waals surface area contributed by atoms with E-state index in [0.717, 1.165) is 35.2 Å². The minimum atomic E-state index is -3.64. The van der Waals surface area contributed by atoms with Crippen molar-refractivity contribution >= 4 is 27.5 Å². The van der Waals surface area contributed by atoms with Gasteiger partial charge in [-0.25, -0.2) is 12.7 Å². The maximum Gasteiger partial charge on any atom is 0.243 e. The molecular weight excluding hydrogens is 366 g/mol. The normalized spacial score (nSPS) is 16.1. The number of carbonyl (C=O) groups excluding carboxylic acids is 2. The van der Waals surface area contributed by atoms with E-state index in [1.807, 2.05) is 32.9 Å². The molecule has 1 aliphatic rings. The Bertz CT molecular complexity index is 789. The van der Waals surface area contributed by atoms with Crippen molar-refractivity contribution in [2.24, 2.45) is 5.92 Å². The number of nitrogens with zero attached hydrogens (tertiary/aromatic N) is 1. The zero-order valence-corrected chi connectivity index (χ0v) is 17.3. The summed E-state index contributed by atoms with van der Waals surface area (Å²) in [7, 11) is -3.64. The largest absolute Gasteiger partial charge is 0.346 e. The first-order chi connectivity index (χ1) is 12.6. The smallest absolute Gasteiger partial charge is 0.243 e. The Balaban J connectivity index is 1.85. The molecule has 8 heteroatoms. The van der Waals surface area contributed by atoms with Crippen LogP contribution in [-0.4, -0.2) is 49.9 Å². The second-order valence-electron chi connectivity index (χ2n) is 7.44. The van der Waals surface area contributed by atoms with Crippen LogP contribution in [0, 0.1) is 26.7 Å². The minimum Gasteiger partial charge on any atom is -0.346 e. The van der Waals surface area contributed by atoms with Gasteiger partial charge in [0.15, 0.2) is 0 Å². The summed E-state index contributed by atoms with van der Waals surface area (Å²) in [4.78, 5) is 24.1. The van der Waals surface area contributed by atoms with Crippen molar-refractivity contribution in [1.82, 2.24) is 9.62 Å². The molecule has 0 radical (unpaired) electrons. The second kappa shape index (κ2) is 8.84. The van der Waals surface area contributed by atoms with Crippen molar-refractivity contribution in [3.05, 3.63) is 28.8 Å². The van der Waals surface area contributed by atoms with E-state index in [1.165, 1.54) is 4.31 Å². The maximum atomic E-state index is 12.3. The molecular formula is C19H29N3O4S. The quantitative estimate of drug-likeness (QED) is 0.767. The number of piperidine rings is 1. The van der Waals surface area contributed by atoms with Gasteiger partial charge in [-0.3, -0.25) is 9.59 Å². The molecule has 0 aliphatic carbocycles. The number of hydrogen-bond donors (Lipinski definition) is 2. The van der Waals surface area contributed by atoms with Crippen LogP contribution in [0.4, 0.5) is 5.69 Å². The summed E-state index contributed by atoms with van der Waals surface area (Å²) in [6.07, 6.45) is 1.61. The highest BCUT2D eigenvalue weighted by Gasteiger charge is 2.28. The van der Waals surface area contributed by atoms with E-state index in [4.69, 9.17) is 0 Å². The van der Waals surface area contributed by atoms with Gasteiger partial charge in [-0.2, -0.15) is 0 Å². The molecule has 2 N–H and O–H groups in total. The van der Waals surface area contributed by atoms with E-state index in [0.29, 0.717) is 19.0 Å². The monoisotopic (exact) mass is 395 g/mol. The highest BCUT2D eigenvalue weighted by Crippen LogP contribution is 2.21. The van der Waals surface area contributed by atoms with Crippen LogP contribution in [0.2, 0.25) is 0 Å². The van der Waals surface area contributed by atoms with E-state index >= 15 is 0 Å². The van der Waals surface area contributed by atoms with Crippen LogP contribution in [0.25, 0.3) is 0 Å². The third-order valence-corrected chi connectivity index (χ3v) is 6.62. The predicted molar refractivity (Wildman–Crippen MR) is 106 cm³/mol. The fraction of sp³-hybridized carbons (Fsp3) is 0.579. The average Bonchev–Trinajstić information content (AvgIpc) is 2.56. The molecule has 1 aliphatic heterocycles. The summed E-state index contributed by atoms with van der Waals surface area (Å²) in [5, 5.41) is 5.18. The maximum absolute atomic E-state index is 12.3. The van der Waals surface area contributed by atoms with Crippen LogP contribution in [0.3, 0.4) is 0 Å². The summed E-state index contributed by atoms with van der Waals surface area (Å²) in [5.74, 6) is -1.18. The highest BCUT2D eigenvalue weighted by atomic mass is 32.2. The highest BCUT2D eigenvalue weighted by molar-refractivity contribution is 7.89. The van der Waals surface area contributed by atoms with Crippen LogP contribution >= 0.6 is 0 Å². The molecule has 2 amide bonds. The summed E-state index contributed by atoms with van der Waals surface area (Å²) >= 11 is 0. The van der Waals surface area contributed by atoms with Crippen molar-refractivity contribution in [1.29, 1.82) is 0 Å². The molecule has 1 saturated heterocycles. The van der Waals surface area contributed by atoms with Crippen molar-refractivity contribution in [2.75, 3.05) is 30.7 Å². The third kappa shape index (κ3) is 6.04. The van der Waals surface area contributed by atoms with E-state index < -0.39 is 21.7 Å². The van der Waals surface area contributed by atoms with Crippen LogP contribution in [0.15, 0.2) is 12.1 Å². The Labute approximate surface area is 161 Å². The minimum absolute atomic E-state index is 0.266. The van der Waals surface area contributed by atoms with Gasteiger partial charge >= 0.3 is 0 Å². The SMILES string of the molecule is Cc1cc(C)c(NC(=O)CNC(=O)CS(=O)(=O)N2CCC(C)CC2)c(C)c1. The van der Waals surface area contributed by atoms with Crippen molar-refractivity contribution in [3.8, 4) is 0 Å². The summed E-state index contributed by atoms with van der Waals surface area (Å²) in [5.41, 5.74) is 3.70. The Morgan fingerprint density at radius 1 is 1.07 bits per heavy atom. The number of anilines is 1. The van der Waals surface area contributed by atoms with Crippen LogP contribution < -0.4 is 10.6 Å². The van der Waals surface area contributed by atoms with Gasteiger partial charge in [0, 0.05) is 18.8 Å². The topological polar surface area (TPSA) is 95.6 Å². The van der Waals surface area contributed by atoms with E-state index in [1.54, 1.807) is 0 Å². The van der Waals surface area contributed by atoms with Crippen LogP contribution in [0.1, 0.15) is 36.5 Å². The van der Waals surface area contributed by atoms with Gasteiger partial charge < -0.3 is 10.6 Å². The number of rotatable bonds is 6. The van der Waals surface area contributed by atoms with Crippen LogP contribution in [-0.2, 0) is 19.6 Å². The lowest BCUT2D eigenvalue weighted by Crippen LogP contribution is -2.44. The van der Waals surface area contributed by atoms with E-state index in [9.17, 15) is 18.0 Å². The van der Waals surface area contributed by atoms with Crippen molar-refractivity contribution in [2.45, 2.75) is 40.5 Å². The zero-order valence-electron chi connectivity index (χ0n) is 16.5. The van der Waals surface area contributed by atoms with Gasteiger partial charge in [0.05, 0.1) is 6.54 Å². The first kappa shape index (κ1) is 21.4. The Morgan fingerprint density at radius 2 is 1.63 bits per heavy atom. The number of carbonyl (C=O) groups is 2. The second-order valence-corrected chi connectivity index (χ2v) is 9.41. The number of amides is 2. The molecule has 0 atom stereocenters. The van der Waals surface area contributed by atoms with Gasteiger partial charge in [-0.15, -0.1) is 0 Å². The van der Waals surface area contributed by atoms with Crippen molar-refractivity contribution < 1.29 is 18.0 Å². The van der Waals surface area contributed by atoms with Crippen molar-refractivity contribution in [3.63, 3.8) is 0 Å². The molecule has 0 bridgehead atoms. The first-order valence-electron chi connectivity index (χ1n) is 9.20. The summed E-state index contributed by atoms with van der Waals surface area (Å²) in [6, 6.07) is 3.93. The van der Waals surface area contributed by atoms with Gasteiger partial charge in [0.1, 0.15) is 5.75 Å².